The predicted octanol–water partition coefficient (Wildman–Crippen LogP) is 2.09. The number of carboxylic acid groups (broad SMARTS) is 2. The monoisotopic (exact) mass is 333 g/mol. The Balaban J connectivity index is 2.16. The summed E-state index contributed by atoms with van der Waals surface area (Å²) in [6.45, 7) is 5.13. The number of ether oxygens (including phenoxy) is 1. The maximum atomic E-state index is 11.5. The van der Waals surface area contributed by atoms with Crippen LogP contribution >= 0.6 is 0 Å². The van der Waals surface area contributed by atoms with Crippen molar-refractivity contribution in [2.24, 2.45) is 5.92 Å². The Hall–Kier alpha value is -2.34. The first kappa shape index (κ1) is 18.0. The van der Waals surface area contributed by atoms with Gasteiger partial charge in [0.05, 0.1) is 11.1 Å². The van der Waals surface area contributed by atoms with Crippen molar-refractivity contribution < 1.29 is 24.5 Å². The molecule has 0 saturated carbocycles. The number of aliphatic carboxylic acids is 2. The first-order valence-electron chi connectivity index (χ1n) is 8.04. The van der Waals surface area contributed by atoms with Crippen molar-refractivity contribution in [3.63, 3.8) is 0 Å². The minimum Gasteiger partial charge on any atom is -0.489 e. The van der Waals surface area contributed by atoms with Crippen molar-refractivity contribution in [2.45, 2.75) is 32.8 Å². The van der Waals surface area contributed by atoms with E-state index in [0.717, 1.165) is 30.8 Å². The van der Waals surface area contributed by atoms with E-state index in [9.17, 15) is 19.8 Å². The van der Waals surface area contributed by atoms with Crippen LogP contribution in [0.2, 0.25) is 0 Å². The van der Waals surface area contributed by atoms with Crippen LogP contribution in [0, 0.1) is 5.92 Å². The Kier molecular flexibility index (Phi) is 5.98. The molecule has 1 atom stereocenters. The summed E-state index contributed by atoms with van der Waals surface area (Å²) in [6.07, 6.45) is 1.19. The van der Waals surface area contributed by atoms with Gasteiger partial charge in [0, 0.05) is 13.0 Å². The Labute approximate surface area is 141 Å². The van der Waals surface area contributed by atoms with E-state index in [0.29, 0.717) is 0 Å². The first-order chi connectivity index (χ1) is 11.4. The summed E-state index contributed by atoms with van der Waals surface area (Å²) in [5, 5.41) is 21.9. The van der Waals surface area contributed by atoms with Crippen LogP contribution in [0.4, 0.5) is 0 Å². The molecular formula is C18H23NO5. The predicted molar refractivity (Wildman–Crippen MR) is 89.2 cm³/mol. The zero-order chi connectivity index (χ0) is 17.7. The first-order valence-corrected chi connectivity index (χ1v) is 8.04. The van der Waals surface area contributed by atoms with Crippen molar-refractivity contribution >= 4 is 11.9 Å². The molecule has 3 N–H and O–H groups in total. The molecule has 1 aromatic rings. The van der Waals surface area contributed by atoms with Crippen molar-refractivity contribution in [1.82, 2.24) is 5.32 Å². The Bertz CT molecular complexity index is 627. The molecule has 0 radical (unpaired) electrons. The standard InChI is InChI=1S/C18H23NO5/c1-11(2)16(18(22)23)15(17(20)21)9-12-3-5-13(6-4-12)24-14-7-8-19-10-14/h3-6,11,14,19H,7-10H2,1-2H3,(H,20,21)(H,22,23). The Morgan fingerprint density at radius 2 is 1.88 bits per heavy atom. The molecule has 0 aliphatic carbocycles. The van der Waals surface area contributed by atoms with Crippen molar-refractivity contribution in [3.05, 3.63) is 41.0 Å². The zero-order valence-electron chi connectivity index (χ0n) is 13.9. The molecule has 2 rings (SSSR count). The lowest BCUT2D eigenvalue weighted by atomic mass is 9.93. The quantitative estimate of drug-likeness (QED) is 0.661. The molecule has 6 nitrogen and oxygen atoms in total. The fraction of sp³-hybridized carbons (Fsp3) is 0.444. The summed E-state index contributed by atoms with van der Waals surface area (Å²) < 4.78 is 5.82. The van der Waals surface area contributed by atoms with Crippen LogP contribution in [0.25, 0.3) is 0 Å². The van der Waals surface area contributed by atoms with Gasteiger partial charge in [0.2, 0.25) is 0 Å². The number of benzene rings is 1. The molecule has 1 aromatic carbocycles. The average Bonchev–Trinajstić information content (AvgIpc) is 3.00. The molecular weight excluding hydrogens is 310 g/mol. The van der Waals surface area contributed by atoms with E-state index < -0.39 is 11.9 Å². The molecule has 1 aliphatic rings. The second-order valence-electron chi connectivity index (χ2n) is 6.21. The molecule has 1 heterocycles. The maximum absolute atomic E-state index is 11.5. The topological polar surface area (TPSA) is 95.9 Å². The third kappa shape index (κ3) is 4.58. The SMILES string of the molecule is CC(C)C(C(=O)O)=C(Cc1ccc(OC2CCNC2)cc1)C(=O)O. The number of hydrogen-bond donors (Lipinski definition) is 3. The van der Waals surface area contributed by atoms with E-state index in [1.54, 1.807) is 38.1 Å². The van der Waals surface area contributed by atoms with Crippen LogP contribution in [0.5, 0.6) is 5.75 Å². The molecule has 1 unspecified atom stereocenters. The molecule has 0 amide bonds. The minimum absolute atomic E-state index is 0.0557. The lowest BCUT2D eigenvalue weighted by Gasteiger charge is -2.14. The van der Waals surface area contributed by atoms with E-state index >= 15 is 0 Å². The smallest absolute Gasteiger partial charge is 0.332 e. The van der Waals surface area contributed by atoms with Gasteiger partial charge in [0.1, 0.15) is 11.9 Å². The highest BCUT2D eigenvalue weighted by molar-refractivity contribution is 5.99. The summed E-state index contributed by atoms with van der Waals surface area (Å²) in [5.41, 5.74) is 0.606. The van der Waals surface area contributed by atoms with Crippen molar-refractivity contribution in [2.75, 3.05) is 13.1 Å². The molecule has 24 heavy (non-hydrogen) atoms. The molecule has 0 bridgehead atoms. The van der Waals surface area contributed by atoms with Gasteiger partial charge in [-0.1, -0.05) is 26.0 Å². The average molecular weight is 333 g/mol. The van der Waals surface area contributed by atoms with Crippen molar-refractivity contribution in [1.29, 1.82) is 0 Å². The fourth-order valence-corrected chi connectivity index (χ4v) is 2.82. The molecule has 1 saturated heterocycles. The Morgan fingerprint density at radius 1 is 1.21 bits per heavy atom. The highest BCUT2D eigenvalue weighted by Gasteiger charge is 2.23. The number of carboxylic acids is 2. The summed E-state index contributed by atoms with van der Waals surface area (Å²) in [4.78, 5) is 22.9. The van der Waals surface area contributed by atoms with Crippen LogP contribution in [0.15, 0.2) is 35.4 Å². The lowest BCUT2D eigenvalue weighted by Crippen LogP contribution is -2.19. The van der Waals surface area contributed by atoms with Crippen LogP contribution in [0.1, 0.15) is 25.8 Å². The van der Waals surface area contributed by atoms with Gasteiger partial charge < -0.3 is 20.3 Å². The highest BCUT2D eigenvalue weighted by Crippen LogP contribution is 2.22. The second kappa shape index (κ2) is 7.97. The van der Waals surface area contributed by atoms with Gasteiger partial charge in [-0.25, -0.2) is 9.59 Å². The lowest BCUT2D eigenvalue weighted by molar-refractivity contribution is -0.136. The normalized spacial score (nSPS) is 18.4. The van der Waals surface area contributed by atoms with E-state index in [-0.39, 0.29) is 29.6 Å². The van der Waals surface area contributed by atoms with Gasteiger partial charge in [-0.3, -0.25) is 0 Å². The summed E-state index contributed by atoms with van der Waals surface area (Å²) in [7, 11) is 0. The summed E-state index contributed by atoms with van der Waals surface area (Å²) >= 11 is 0. The minimum atomic E-state index is -1.20. The van der Waals surface area contributed by atoms with Gasteiger partial charge in [-0.05, 0) is 36.6 Å². The fourth-order valence-electron chi connectivity index (χ4n) is 2.82. The zero-order valence-corrected chi connectivity index (χ0v) is 13.9. The largest absolute Gasteiger partial charge is 0.489 e. The van der Waals surface area contributed by atoms with Gasteiger partial charge in [0.25, 0.3) is 0 Å². The van der Waals surface area contributed by atoms with E-state index in [1.807, 2.05) is 0 Å². The number of carbonyl (C=O) groups is 2. The van der Waals surface area contributed by atoms with Gasteiger partial charge in [-0.2, -0.15) is 0 Å². The number of rotatable bonds is 7. The van der Waals surface area contributed by atoms with E-state index in [4.69, 9.17) is 4.74 Å². The second-order valence-corrected chi connectivity index (χ2v) is 6.21. The molecule has 6 heteroatoms. The van der Waals surface area contributed by atoms with Gasteiger partial charge in [-0.15, -0.1) is 0 Å². The van der Waals surface area contributed by atoms with Crippen LogP contribution in [-0.4, -0.2) is 41.3 Å². The molecule has 0 aromatic heterocycles. The number of hydrogen-bond acceptors (Lipinski definition) is 4. The van der Waals surface area contributed by atoms with E-state index in [2.05, 4.69) is 5.32 Å². The third-order valence-corrected chi connectivity index (χ3v) is 4.01. The van der Waals surface area contributed by atoms with Crippen LogP contribution < -0.4 is 10.1 Å². The molecule has 130 valence electrons. The van der Waals surface area contributed by atoms with Crippen LogP contribution in [0.3, 0.4) is 0 Å². The third-order valence-electron chi connectivity index (χ3n) is 4.01. The molecule has 1 aliphatic heterocycles. The molecule has 1 fully saturated rings. The molecule has 0 spiro atoms. The van der Waals surface area contributed by atoms with Gasteiger partial charge in [0.15, 0.2) is 0 Å². The van der Waals surface area contributed by atoms with Crippen LogP contribution in [-0.2, 0) is 16.0 Å². The number of nitrogens with one attached hydrogen (secondary N) is 1. The summed E-state index contributed by atoms with van der Waals surface area (Å²) in [5.74, 6) is -2.02. The van der Waals surface area contributed by atoms with Crippen molar-refractivity contribution in [3.8, 4) is 5.75 Å². The highest BCUT2D eigenvalue weighted by atomic mass is 16.5. The van der Waals surface area contributed by atoms with Gasteiger partial charge >= 0.3 is 11.9 Å². The van der Waals surface area contributed by atoms with E-state index in [1.165, 1.54) is 0 Å². The Morgan fingerprint density at radius 3 is 2.33 bits per heavy atom. The summed E-state index contributed by atoms with van der Waals surface area (Å²) in [6, 6.07) is 7.15. The maximum Gasteiger partial charge on any atom is 0.332 e.